The molecule has 0 aliphatic rings. The predicted molar refractivity (Wildman–Crippen MR) is 133 cm³/mol. The van der Waals surface area contributed by atoms with Gasteiger partial charge in [-0.25, -0.2) is 9.59 Å². The average Bonchev–Trinajstić information content (AvgIpc) is 2.85. The molecule has 0 N–H and O–H groups in total. The second kappa shape index (κ2) is 15.7. The number of benzene rings is 2. The summed E-state index contributed by atoms with van der Waals surface area (Å²) in [6, 6.07) is 12.0. The van der Waals surface area contributed by atoms with E-state index in [0.717, 1.165) is 25.7 Å². The number of carbonyl (C=O) groups is 6. The quantitative estimate of drug-likeness (QED) is 0.156. The van der Waals surface area contributed by atoms with E-state index in [2.05, 4.69) is 0 Å². The minimum Gasteiger partial charge on any atom is -0.426 e. The molecule has 0 heterocycles. The molecule has 0 unspecified atom stereocenters. The lowest BCUT2D eigenvalue weighted by Gasteiger charge is -2.08. The molecule has 0 spiro atoms. The first-order chi connectivity index (χ1) is 18.2. The van der Waals surface area contributed by atoms with Crippen molar-refractivity contribution in [2.24, 2.45) is 0 Å². The van der Waals surface area contributed by atoms with Gasteiger partial charge in [0.15, 0.2) is 0 Å². The maximum absolute atomic E-state index is 12.2. The number of para-hydroxylation sites is 2. The van der Waals surface area contributed by atoms with Crippen molar-refractivity contribution in [2.45, 2.75) is 65.2 Å². The number of rotatable bonds is 13. The Labute approximate surface area is 220 Å². The van der Waals surface area contributed by atoms with Crippen molar-refractivity contribution in [3.8, 4) is 11.5 Å². The van der Waals surface area contributed by atoms with Crippen LogP contribution in [0.2, 0.25) is 0 Å². The van der Waals surface area contributed by atoms with Crippen LogP contribution < -0.4 is 9.47 Å². The Bertz CT molecular complexity index is 1080. The van der Waals surface area contributed by atoms with Crippen molar-refractivity contribution < 1.29 is 47.7 Å². The molecule has 0 aromatic heterocycles. The molecule has 10 heteroatoms. The largest absolute Gasteiger partial charge is 0.426 e. The van der Waals surface area contributed by atoms with Crippen LogP contribution >= 0.6 is 0 Å². The highest BCUT2D eigenvalue weighted by atomic mass is 16.6. The minimum absolute atomic E-state index is 0.00937. The van der Waals surface area contributed by atoms with Gasteiger partial charge in [-0.2, -0.15) is 0 Å². The monoisotopic (exact) mass is 526 g/mol. The average molecular weight is 527 g/mol. The molecule has 0 atom stereocenters. The number of hydrogen-bond donors (Lipinski definition) is 0. The molecule has 0 fully saturated rings. The molecular weight excluding hydrogens is 496 g/mol. The summed E-state index contributed by atoms with van der Waals surface area (Å²) in [6.07, 6.45) is 4.23. The summed E-state index contributed by atoms with van der Waals surface area (Å²) in [5.41, 5.74) is -0.0187. The highest BCUT2D eigenvalue weighted by Crippen LogP contribution is 2.21. The zero-order valence-electron chi connectivity index (χ0n) is 21.4. The fourth-order valence-corrected chi connectivity index (χ4v) is 3.42. The van der Waals surface area contributed by atoms with Gasteiger partial charge >= 0.3 is 35.8 Å². The molecule has 2 aromatic rings. The molecule has 0 saturated heterocycles. The Morgan fingerprint density at radius 3 is 1.24 bits per heavy atom. The first-order valence-corrected chi connectivity index (χ1v) is 12.2. The lowest BCUT2D eigenvalue weighted by Crippen LogP contribution is -2.14. The summed E-state index contributed by atoms with van der Waals surface area (Å²) in [4.78, 5) is 70.7. The van der Waals surface area contributed by atoms with Crippen LogP contribution in [0.5, 0.6) is 11.5 Å². The normalized spacial score (nSPS) is 10.3. The molecule has 2 rings (SSSR count). The van der Waals surface area contributed by atoms with Gasteiger partial charge in [-0.3, -0.25) is 19.2 Å². The van der Waals surface area contributed by atoms with Crippen LogP contribution in [-0.2, 0) is 28.7 Å². The molecule has 10 nitrogen and oxygen atoms in total. The van der Waals surface area contributed by atoms with Gasteiger partial charge < -0.3 is 18.9 Å². The van der Waals surface area contributed by atoms with Gasteiger partial charge in [-0.1, -0.05) is 49.9 Å². The smallest absolute Gasteiger partial charge is 0.349 e. The van der Waals surface area contributed by atoms with Gasteiger partial charge in [-0.15, -0.1) is 0 Å². The lowest BCUT2D eigenvalue weighted by molar-refractivity contribution is -0.139. The maximum Gasteiger partial charge on any atom is 0.349 e. The highest BCUT2D eigenvalue weighted by Gasteiger charge is 2.19. The molecule has 0 saturated carbocycles. The summed E-state index contributed by atoms with van der Waals surface area (Å²) in [7, 11) is 0. The number of carbonyl (C=O) groups excluding carboxylic acids is 6. The maximum atomic E-state index is 12.2. The molecule has 0 aliphatic heterocycles. The van der Waals surface area contributed by atoms with Crippen molar-refractivity contribution in [2.75, 3.05) is 0 Å². The third kappa shape index (κ3) is 10.7. The molecule has 0 amide bonds. The van der Waals surface area contributed by atoms with Gasteiger partial charge in [0, 0.05) is 26.7 Å². The van der Waals surface area contributed by atoms with Crippen LogP contribution in [0.1, 0.15) is 85.9 Å². The molecule has 38 heavy (non-hydrogen) atoms. The van der Waals surface area contributed by atoms with Crippen molar-refractivity contribution >= 4 is 35.8 Å². The number of unbranched alkanes of at least 4 members (excludes halogenated alkanes) is 5. The van der Waals surface area contributed by atoms with E-state index < -0.39 is 35.8 Å². The van der Waals surface area contributed by atoms with Crippen LogP contribution in [0.25, 0.3) is 0 Å². The van der Waals surface area contributed by atoms with Crippen LogP contribution in [0.4, 0.5) is 0 Å². The lowest BCUT2D eigenvalue weighted by atomic mass is 10.1. The van der Waals surface area contributed by atoms with Crippen LogP contribution in [0.3, 0.4) is 0 Å². The number of esters is 6. The second-order valence-corrected chi connectivity index (χ2v) is 8.32. The topological polar surface area (TPSA) is 139 Å². The van der Waals surface area contributed by atoms with E-state index in [9.17, 15) is 28.8 Å². The summed E-state index contributed by atoms with van der Waals surface area (Å²) in [5, 5.41) is 0. The third-order valence-electron chi connectivity index (χ3n) is 5.15. The highest BCUT2D eigenvalue weighted by molar-refractivity contribution is 6.00. The van der Waals surface area contributed by atoms with E-state index in [1.165, 1.54) is 38.1 Å². The van der Waals surface area contributed by atoms with Gasteiger partial charge in [0.2, 0.25) is 0 Å². The Balaban J connectivity index is 1.59. The standard InChI is InChI=1S/C28H30O10/c1-19(29)35-23-15-11-9-13-21(23)27(33)37-25(31)17-7-5-3-4-6-8-18-26(32)38-28(34)22-14-10-12-16-24(22)36-20(2)30/h9-16H,3-8,17-18H2,1-2H3. The molecular formula is C28H30O10. The van der Waals surface area contributed by atoms with Crippen LogP contribution in [0, 0.1) is 0 Å². The molecule has 0 aliphatic carbocycles. The van der Waals surface area contributed by atoms with Crippen molar-refractivity contribution in [1.82, 2.24) is 0 Å². The molecule has 202 valence electrons. The first-order valence-electron chi connectivity index (χ1n) is 12.2. The number of ether oxygens (including phenoxy) is 4. The zero-order chi connectivity index (χ0) is 27.9. The van der Waals surface area contributed by atoms with Crippen molar-refractivity contribution in [1.29, 1.82) is 0 Å². The zero-order valence-corrected chi connectivity index (χ0v) is 21.4. The Hall–Kier alpha value is -4.34. The van der Waals surface area contributed by atoms with Crippen LogP contribution in [0.15, 0.2) is 48.5 Å². The fourth-order valence-electron chi connectivity index (χ4n) is 3.42. The SMILES string of the molecule is CC(=O)Oc1ccccc1C(=O)OC(=O)CCCCCCCCC(=O)OC(=O)c1ccccc1OC(C)=O. The van der Waals surface area contributed by atoms with Crippen molar-refractivity contribution in [3.63, 3.8) is 0 Å². The summed E-state index contributed by atoms with van der Waals surface area (Å²) >= 11 is 0. The summed E-state index contributed by atoms with van der Waals surface area (Å²) in [6.45, 7) is 2.41. The van der Waals surface area contributed by atoms with E-state index >= 15 is 0 Å². The third-order valence-corrected chi connectivity index (χ3v) is 5.15. The van der Waals surface area contributed by atoms with E-state index in [1.54, 1.807) is 24.3 Å². The summed E-state index contributed by atoms with van der Waals surface area (Å²) < 4.78 is 19.6. The second-order valence-electron chi connectivity index (χ2n) is 8.32. The molecule has 2 aromatic carbocycles. The van der Waals surface area contributed by atoms with Gasteiger partial charge in [0.1, 0.15) is 22.6 Å². The van der Waals surface area contributed by atoms with E-state index in [-0.39, 0.29) is 35.5 Å². The van der Waals surface area contributed by atoms with E-state index in [4.69, 9.17) is 18.9 Å². The van der Waals surface area contributed by atoms with Gasteiger partial charge in [0.25, 0.3) is 0 Å². The van der Waals surface area contributed by atoms with Gasteiger partial charge in [-0.05, 0) is 37.1 Å². The Morgan fingerprint density at radius 1 is 0.526 bits per heavy atom. The fraction of sp³-hybridized carbons (Fsp3) is 0.357. The number of hydrogen-bond acceptors (Lipinski definition) is 10. The predicted octanol–water partition coefficient (Wildman–Crippen LogP) is 4.73. The molecule has 0 bridgehead atoms. The molecule has 0 radical (unpaired) electrons. The Kier molecular flexibility index (Phi) is 12.4. The summed E-state index contributed by atoms with van der Waals surface area (Å²) in [5.74, 6) is -4.24. The first kappa shape index (κ1) is 29.9. The van der Waals surface area contributed by atoms with E-state index in [1.807, 2.05) is 0 Å². The van der Waals surface area contributed by atoms with Crippen molar-refractivity contribution in [3.05, 3.63) is 59.7 Å². The van der Waals surface area contributed by atoms with E-state index in [0.29, 0.717) is 12.8 Å². The van der Waals surface area contributed by atoms with Gasteiger partial charge in [0.05, 0.1) is 0 Å². The minimum atomic E-state index is -0.882. The van der Waals surface area contributed by atoms with Crippen LogP contribution in [-0.4, -0.2) is 35.8 Å². The Morgan fingerprint density at radius 2 is 0.868 bits per heavy atom.